The summed E-state index contributed by atoms with van der Waals surface area (Å²) in [5.74, 6) is -1.27. The second kappa shape index (κ2) is 5.92. The minimum atomic E-state index is -4.39. The van der Waals surface area contributed by atoms with Gasteiger partial charge in [0.05, 0.1) is 6.54 Å². The van der Waals surface area contributed by atoms with Crippen molar-refractivity contribution in [3.05, 3.63) is 0 Å². The van der Waals surface area contributed by atoms with Crippen LogP contribution in [0.1, 0.15) is 13.3 Å². The molecule has 0 radical (unpaired) electrons. The molecule has 0 rings (SSSR count). The Hall–Kier alpha value is -0.820. The maximum Gasteiger partial charge on any atom is 0.401 e. The Morgan fingerprint density at radius 3 is 2.33 bits per heavy atom. The summed E-state index contributed by atoms with van der Waals surface area (Å²) in [6, 6.07) is -1.17. The van der Waals surface area contributed by atoms with Crippen LogP contribution in [-0.2, 0) is 4.79 Å². The average Bonchev–Trinajstić information content (AvgIpc) is 2.08. The number of nitrogens with zero attached hydrogens (tertiary/aromatic N) is 1. The van der Waals surface area contributed by atoms with Crippen LogP contribution in [0.25, 0.3) is 0 Å². The zero-order valence-corrected chi connectivity index (χ0v) is 8.42. The molecule has 0 saturated heterocycles. The fourth-order valence-corrected chi connectivity index (χ4v) is 1.29. The van der Waals surface area contributed by atoms with Crippen molar-refractivity contribution in [2.75, 3.05) is 19.6 Å². The summed E-state index contributed by atoms with van der Waals surface area (Å²) in [6.45, 7) is 0.334. The van der Waals surface area contributed by atoms with Gasteiger partial charge in [-0.1, -0.05) is 6.92 Å². The van der Waals surface area contributed by atoms with E-state index >= 15 is 0 Å². The van der Waals surface area contributed by atoms with Crippen LogP contribution < -0.4 is 5.73 Å². The molecule has 0 aromatic carbocycles. The third-order valence-corrected chi connectivity index (χ3v) is 1.95. The van der Waals surface area contributed by atoms with Gasteiger partial charge >= 0.3 is 12.1 Å². The van der Waals surface area contributed by atoms with Gasteiger partial charge in [-0.05, 0) is 19.5 Å². The molecule has 90 valence electrons. The van der Waals surface area contributed by atoms with Gasteiger partial charge in [-0.25, -0.2) is 0 Å². The van der Waals surface area contributed by atoms with E-state index in [9.17, 15) is 18.0 Å². The smallest absolute Gasteiger partial charge is 0.401 e. The van der Waals surface area contributed by atoms with Crippen molar-refractivity contribution in [1.82, 2.24) is 4.90 Å². The van der Waals surface area contributed by atoms with Gasteiger partial charge in [0.2, 0.25) is 0 Å². The zero-order chi connectivity index (χ0) is 12.1. The van der Waals surface area contributed by atoms with E-state index in [1.807, 2.05) is 0 Å². The first kappa shape index (κ1) is 14.2. The van der Waals surface area contributed by atoms with Crippen molar-refractivity contribution in [3.8, 4) is 0 Å². The van der Waals surface area contributed by atoms with Crippen LogP contribution in [-0.4, -0.2) is 47.8 Å². The highest BCUT2D eigenvalue weighted by atomic mass is 19.4. The fraction of sp³-hybridized carbons (Fsp3) is 0.875. The third kappa shape index (κ3) is 5.58. The van der Waals surface area contributed by atoms with Crippen LogP contribution >= 0.6 is 0 Å². The van der Waals surface area contributed by atoms with Crippen molar-refractivity contribution >= 4 is 5.97 Å². The number of halogens is 3. The highest BCUT2D eigenvalue weighted by Gasteiger charge is 2.35. The molecule has 0 heterocycles. The van der Waals surface area contributed by atoms with Crippen LogP contribution in [0.15, 0.2) is 0 Å². The van der Waals surface area contributed by atoms with Gasteiger partial charge in [-0.15, -0.1) is 0 Å². The summed E-state index contributed by atoms with van der Waals surface area (Å²) in [7, 11) is 0. The van der Waals surface area contributed by atoms with E-state index in [1.54, 1.807) is 0 Å². The summed E-state index contributed by atoms with van der Waals surface area (Å²) in [5, 5.41) is 8.74. The predicted octanol–water partition coefficient (Wildman–Crippen LogP) is 0.673. The lowest BCUT2D eigenvalue weighted by molar-refractivity contribution is -0.161. The summed E-state index contributed by atoms with van der Waals surface area (Å²) in [5.41, 5.74) is 5.15. The number of hydrogen-bond donors (Lipinski definition) is 2. The molecule has 0 aromatic heterocycles. The molecule has 0 aliphatic heterocycles. The zero-order valence-electron chi connectivity index (χ0n) is 8.42. The molecule has 15 heavy (non-hydrogen) atoms. The molecule has 0 amide bonds. The second-order valence-electron chi connectivity index (χ2n) is 3.11. The molecule has 0 aromatic rings. The molecule has 0 fully saturated rings. The standard InChI is InChI=1S/C8H15F3N2O2/c1-2-13(5-8(9,10)11)6(3-4-12)7(14)15/h6H,2-5,12H2,1H3,(H,14,15). The van der Waals surface area contributed by atoms with Gasteiger partial charge < -0.3 is 10.8 Å². The Balaban J connectivity index is 4.52. The van der Waals surface area contributed by atoms with E-state index in [-0.39, 0.29) is 19.5 Å². The van der Waals surface area contributed by atoms with E-state index in [0.29, 0.717) is 0 Å². The number of alkyl halides is 3. The minimum Gasteiger partial charge on any atom is -0.480 e. The Labute approximate surface area is 85.8 Å². The molecule has 7 heteroatoms. The molecular weight excluding hydrogens is 213 g/mol. The summed E-state index contributed by atoms with van der Waals surface area (Å²) >= 11 is 0. The van der Waals surface area contributed by atoms with E-state index in [0.717, 1.165) is 4.90 Å². The monoisotopic (exact) mass is 228 g/mol. The van der Waals surface area contributed by atoms with E-state index in [2.05, 4.69) is 0 Å². The Morgan fingerprint density at radius 2 is 2.07 bits per heavy atom. The topological polar surface area (TPSA) is 66.6 Å². The normalized spacial score (nSPS) is 14.3. The Kier molecular flexibility index (Phi) is 5.59. The number of aliphatic carboxylic acids is 1. The van der Waals surface area contributed by atoms with Crippen LogP contribution in [0.4, 0.5) is 13.2 Å². The lowest BCUT2D eigenvalue weighted by Crippen LogP contribution is -2.46. The molecule has 0 aliphatic carbocycles. The maximum atomic E-state index is 12.1. The van der Waals surface area contributed by atoms with E-state index in [4.69, 9.17) is 10.8 Å². The Bertz CT molecular complexity index is 209. The van der Waals surface area contributed by atoms with Crippen LogP contribution in [0.5, 0.6) is 0 Å². The average molecular weight is 228 g/mol. The van der Waals surface area contributed by atoms with Crippen LogP contribution in [0.3, 0.4) is 0 Å². The van der Waals surface area contributed by atoms with Crippen molar-refractivity contribution < 1.29 is 23.1 Å². The number of hydrogen-bond acceptors (Lipinski definition) is 3. The SMILES string of the molecule is CCN(CC(F)(F)F)C(CCN)C(=O)O. The molecule has 0 aliphatic rings. The molecule has 4 nitrogen and oxygen atoms in total. The first-order chi connectivity index (χ1) is 6.81. The molecule has 0 bridgehead atoms. The highest BCUT2D eigenvalue weighted by molar-refractivity contribution is 5.73. The van der Waals surface area contributed by atoms with Crippen LogP contribution in [0.2, 0.25) is 0 Å². The van der Waals surface area contributed by atoms with Crippen molar-refractivity contribution in [1.29, 1.82) is 0 Å². The molecular formula is C8H15F3N2O2. The third-order valence-electron chi connectivity index (χ3n) is 1.95. The number of likely N-dealkylation sites (N-methyl/N-ethyl adjacent to an activating group) is 1. The lowest BCUT2D eigenvalue weighted by Gasteiger charge is -2.27. The fourth-order valence-electron chi connectivity index (χ4n) is 1.29. The number of carbonyl (C=O) groups is 1. The van der Waals surface area contributed by atoms with Crippen molar-refractivity contribution in [3.63, 3.8) is 0 Å². The molecule has 0 spiro atoms. The highest BCUT2D eigenvalue weighted by Crippen LogP contribution is 2.18. The van der Waals surface area contributed by atoms with Gasteiger partial charge in [-0.3, -0.25) is 9.69 Å². The summed E-state index contributed by atoms with van der Waals surface area (Å²) < 4.78 is 36.3. The van der Waals surface area contributed by atoms with Gasteiger partial charge in [-0.2, -0.15) is 13.2 Å². The number of rotatable bonds is 6. The van der Waals surface area contributed by atoms with Crippen LogP contribution in [0, 0.1) is 0 Å². The quantitative estimate of drug-likeness (QED) is 0.701. The Morgan fingerprint density at radius 1 is 1.53 bits per heavy atom. The minimum absolute atomic E-state index is 0.0131. The first-order valence-electron chi connectivity index (χ1n) is 4.55. The summed E-state index contributed by atoms with van der Waals surface area (Å²) in [4.78, 5) is 11.6. The molecule has 1 unspecified atom stereocenters. The largest absolute Gasteiger partial charge is 0.480 e. The first-order valence-corrected chi connectivity index (χ1v) is 4.55. The summed E-state index contributed by atoms with van der Waals surface area (Å²) in [6.07, 6.45) is -4.38. The van der Waals surface area contributed by atoms with E-state index < -0.39 is 24.7 Å². The number of nitrogens with two attached hydrogens (primary N) is 1. The number of carboxylic acids is 1. The molecule has 3 N–H and O–H groups in total. The van der Waals surface area contributed by atoms with Gasteiger partial charge in [0.15, 0.2) is 0 Å². The predicted molar refractivity (Wildman–Crippen MR) is 48.4 cm³/mol. The van der Waals surface area contributed by atoms with Gasteiger partial charge in [0.1, 0.15) is 6.04 Å². The van der Waals surface area contributed by atoms with E-state index in [1.165, 1.54) is 6.92 Å². The molecule has 0 saturated carbocycles. The number of carboxylic acid groups (broad SMARTS) is 1. The van der Waals surface area contributed by atoms with Gasteiger partial charge in [0, 0.05) is 0 Å². The lowest BCUT2D eigenvalue weighted by atomic mass is 10.1. The second-order valence-corrected chi connectivity index (χ2v) is 3.11. The van der Waals surface area contributed by atoms with Gasteiger partial charge in [0.25, 0.3) is 0 Å². The van der Waals surface area contributed by atoms with Crippen molar-refractivity contribution in [2.24, 2.45) is 5.73 Å². The van der Waals surface area contributed by atoms with Crippen molar-refractivity contribution in [2.45, 2.75) is 25.6 Å². The maximum absolute atomic E-state index is 12.1. The molecule has 1 atom stereocenters.